The molecule has 2 atom stereocenters. The standard InChI is InChI=1S/C31H36N2O2/c1-32-17-15-25(16-18-32)33-20-28(21-33)35-27-11-7-23(8-12-27)31-29(22-5-3-2-4-6-22)13-9-24-19-26(34)10-14-30(24)31/h2-8,10-12,14,19,25,28-29,31,34H,9,13,15-18,20-21H2,1H3. The number of likely N-dealkylation sites (tertiary alicyclic amines) is 2. The summed E-state index contributed by atoms with van der Waals surface area (Å²) in [6, 6.07) is 26.4. The third-order valence-corrected chi connectivity index (χ3v) is 8.44. The Balaban J connectivity index is 1.17. The molecule has 1 aliphatic carbocycles. The molecule has 35 heavy (non-hydrogen) atoms. The maximum atomic E-state index is 10.1. The second-order valence-corrected chi connectivity index (χ2v) is 10.7. The van der Waals surface area contributed by atoms with Crippen LogP contribution in [0, 0.1) is 0 Å². The van der Waals surface area contributed by atoms with Gasteiger partial charge in [0.1, 0.15) is 17.6 Å². The Kier molecular flexibility index (Phi) is 6.26. The lowest BCUT2D eigenvalue weighted by Crippen LogP contribution is -2.59. The minimum atomic E-state index is 0.277. The van der Waals surface area contributed by atoms with Gasteiger partial charge in [0.05, 0.1) is 0 Å². The summed E-state index contributed by atoms with van der Waals surface area (Å²) >= 11 is 0. The Hall–Kier alpha value is -2.82. The van der Waals surface area contributed by atoms with E-state index in [1.165, 1.54) is 48.2 Å². The molecule has 6 rings (SSSR count). The van der Waals surface area contributed by atoms with Crippen molar-refractivity contribution < 1.29 is 9.84 Å². The minimum absolute atomic E-state index is 0.277. The maximum absolute atomic E-state index is 10.1. The molecule has 0 radical (unpaired) electrons. The first-order chi connectivity index (χ1) is 17.1. The minimum Gasteiger partial charge on any atom is -0.508 e. The molecule has 0 aromatic heterocycles. The molecule has 0 spiro atoms. The number of piperidine rings is 1. The average molecular weight is 469 g/mol. The lowest BCUT2D eigenvalue weighted by Gasteiger charge is -2.46. The highest BCUT2D eigenvalue weighted by molar-refractivity contribution is 5.48. The number of fused-ring (bicyclic) bond motifs is 1. The largest absolute Gasteiger partial charge is 0.508 e. The van der Waals surface area contributed by atoms with Crippen LogP contribution >= 0.6 is 0 Å². The highest BCUT2D eigenvalue weighted by Crippen LogP contribution is 2.47. The number of nitrogens with zero attached hydrogens (tertiary/aromatic N) is 2. The molecule has 4 heteroatoms. The number of ether oxygens (including phenoxy) is 1. The normalized spacial score (nSPS) is 24.0. The second-order valence-electron chi connectivity index (χ2n) is 10.7. The molecular formula is C31H36N2O2. The Morgan fingerprint density at radius 1 is 0.829 bits per heavy atom. The van der Waals surface area contributed by atoms with Gasteiger partial charge in [0.25, 0.3) is 0 Å². The molecule has 3 aromatic carbocycles. The van der Waals surface area contributed by atoms with Crippen LogP contribution in [-0.2, 0) is 6.42 Å². The van der Waals surface area contributed by atoms with Crippen LogP contribution in [0.1, 0.15) is 53.4 Å². The SMILES string of the molecule is CN1CCC(N2CC(Oc3ccc(C4c5ccc(O)cc5CCC4c4ccccc4)cc3)C2)CC1. The van der Waals surface area contributed by atoms with Crippen LogP contribution in [0.15, 0.2) is 72.8 Å². The van der Waals surface area contributed by atoms with E-state index in [-0.39, 0.29) is 5.92 Å². The second kappa shape index (κ2) is 9.67. The van der Waals surface area contributed by atoms with Crippen molar-refractivity contribution in [1.29, 1.82) is 0 Å². The van der Waals surface area contributed by atoms with E-state index < -0.39 is 0 Å². The lowest BCUT2D eigenvalue weighted by atomic mass is 9.69. The number of hydrogen-bond acceptors (Lipinski definition) is 4. The van der Waals surface area contributed by atoms with Gasteiger partial charge in [0, 0.05) is 25.0 Å². The number of benzene rings is 3. The summed E-state index contributed by atoms with van der Waals surface area (Å²) < 4.78 is 6.35. The molecule has 2 unspecified atom stereocenters. The fourth-order valence-corrected chi connectivity index (χ4v) is 6.43. The van der Waals surface area contributed by atoms with Crippen molar-refractivity contribution in [3.63, 3.8) is 0 Å². The molecule has 2 saturated heterocycles. The number of hydrogen-bond donors (Lipinski definition) is 1. The maximum Gasteiger partial charge on any atom is 0.124 e. The highest BCUT2D eigenvalue weighted by atomic mass is 16.5. The Labute approximate surface area is 209 Å². The van der Waals surface area contributed by atoms with Crippen LogP contribution in [0.25, 0.3) is 0 Å². The molecule has 2 fully saturated rings. The number of aromatic hydroxyl groups is 1. The van der Waals surface area contributed by atoms with Gasteiger partial charge in [-0.25, -0.2) is 0 Å². The molecule has 0 bridgehead atoms. The van der Waals surface area contributed by atoms with E-state index in [0.717, 1.165) is 37.7 Å². The predicted molar refractivity (Wildman–Crippen MR) is 140 cm³/mol. The van der Waals surface area contributed by atoms with Gasteiger partial charge >= 0.3 is 0 Å². The van der Waals surface area contributed by atoms with E-state index in [0.29, 0.717) is 17.8 Å². The van der Waals surface area contributed by atoms with Crippen molar-refractivity contribution in [3.8, 4) is 11.5 Å². The van der Waals surface area contributed by atoms with E-state index in [1.807, 2.05) is 12.1 Å². The van der Waals surface area contributed by atoms with Gasteiger partial charge < -0.3 is 14.7 Å². The molecule has 0 saturated carbocycles. The van der Waals surface area contributed by atoms with Crippen LogP contribution < -0.4 is 4.74 Å². The fourth-order valence-electron chi connectivity index (χ4n) is 6.43. The summed E-state index contributed by atoms with van der Waals surface area (Å²) in [6.07, 6.45) is 4.94. The van der Waals surface area contributed by atoms with Crippen molar-refractivity contribution in [2.45, 2.75) is 49.7 Å². The van der Waals surface area contributed by atoms with Gasteiger partial charge in [-0.3, -0.25) is 4.90 Å². The molecule has 1 N–H and O–H groups in total. The van der Waals surface area contributed by atoms with Crippen LogP contribution in [0.4, 0.5) is 0 Å². The van der Waals surface area contributed by atoms with Crippen LogP contribution in [0.3, 0.4) is 0 Å². The molecule has 182 valence electrons. The summed E-state index contributed by atoms with van der Waals surface area (Å²) in [7, 11) is 2.22. The predicted octanol–water partition coefficient (Wildman–Crippen LogP) is 5.41. The summed E-state index contributed by atoms with van der Waals surface area (Å²) in [5, 5.41) is 10.1. The zero-order valence-corrected chi connectivity index (χ0v) is 20.6. The molecule has 2 aliphatic heterocycles. The van der Waals surface area contributed by atoms with Gasteiger partial charge in [0.2, 0.25) is 0 Å². The van der Waals surface area contributed by atoms with Crippen molar-refractivity contribution in [1.82, 2.24) is 9.80 Å². The number of aryl methyl sites for hydroxylation is 1. The highest BCUT2D eigenvalue weighted by Gasteiger charge is 2.35. The molecule has 0 amide bonds. The smallest absolute Gasteiger partial charge is 0.124 e. The fraction of sp³-hybridized carbons (Fsp3) is 0.419. The third-order valence-electron chi connectivity index (χ3n) is 8.44. The summed E-state index contributed by atoms with van der Waals surface area (Å²) in [6.45, 7) is 4.52. The molecule has 2 heterocycles. The van der Waals surface area contributed by atoms with Gasteiger partial charge in [-0.15, -0.1) is 0 Å². The lowest BCUT2D eigenvalue weighted by molar-refractivity contribution is -0.0246. The zero-order chi connectivity index (χ0) is 23.8. The topological polar surface area (TPSA) is 35.9 Å². The zero-order valence-electron chi connectivity index (χ0n) is 20.6. The Bertz CT molecular complexity index is 1130. The van der Waals surface area contributed by atoms with Crippen LogP contribution in [-0.4, -0.2) is 60.3 Å². The van der Waals surface area contributed by atoms with Crippen LogP contribution in [0.2, 0.25) is 0 Å². The summed E-state index contributed by atoms with van der Waals surface area (Å²) in [5.41, 5.74) is 5.31. The number of rotatable bonds is 5. The van der Waals surface area contributed by atoms with Gasteiger partial charge in [-0.2, -0.15) is 0 Å². The Morgan fingerprint density at radius 2 is 1.57 bits per heavy atom. The van der Waals surface area contributed by atoms with Crippen molar-refractivity contribution >= 4 is 0 Å². The molecule has 3 aliphatic rings. The Morgan fingerprint density at radius 3 is 2.31 bits per heavy atom. The van der Waals surface area contributed by atoms with Gasteiger partial charge in [-0.05, 0) is 98.3 Å². The summed E-state index contributed by atoms with van der Waals surface area (Å²) in [4.78, 5) is 5.03. The van der Waals surface area contributed by atoms with E-state index in [9.17, 15) is 5.11 Å². The van der Waals surface area contributed by atoms with Gasteiger partial charge in [-0.1, -0.05) is 48.5 Å². The van der Waals surface area contributed by atoms with Gasteiger partial charge in [0.15, 0.2) is 0 Å². The average Bonchev–Trinajstić information content (AvgIpc) is 2.87. The first-order valence-electron chi connectivity index (χ1n) is 13.2. The third kappa shape index (κ3) is 4.70. The monoisotopic (exact) mass is 468 g/mol. The quantitative estimate of drug-likeness (QED) is 0.543. The number of phenols is 1. The molecule has 4 nitrogen and oxygen atoms in total. The van der Waals surface area contributed by atoms with E-state index in [2.05, 4.69) is 77.5 Å². The van der Waals surface area contributed by atoms with Crippen LogP contribution in [0.5, 0.6) is 11.5 Å². The molecule has 3 aromatic rings. The first-order valence-corrected chi connectivity index (χ1v) is 13.2. The summed E-state index contributed by atoms with van der Waals surface area (Å²) in [5.74, 6) is 2.04. The van der Waals surface area contributed by atoms with Crippen molar-refractivity contribution in [3.05, 3.63) is 95.1 Å². The van der Waals surface area contributed by atoms with E-state index in [4.69, 9.17) is 4.74 Å². The molecular weight excluding hydrogens is 432 g/mol. The van der Waals surface area contributed by atoms with Crippen molar-refractivity contribution in [2.75, 3.05) is 33.2 Å². The van der Waals surface area contributed by atoms with Crippen molar-refractivity contribution in [2.24, 2.45) is 0 Å². The van der Waals surface area contributed by atoms with E-state index >= 15 is 0 Å². The first kappa shape index (κ1) is 22.6. The van der Waals surface area contributed by atoms with E-state index in [1.54, 1.807) is 0 Å². The number of phenolic OH excluding ortho intramolecular Hbond substituents is 1.